The summed E-state index contributed by atoms with van der Waals surface area (Å²) in [5.41, 5.74) is -0.977. The summed E-state index contributed by atoms with van der Waals surface area (Å²) in [6, 6.07) is 14.8. The number of nitrogens with zero attached hydrogens (tertiary/aromatic N) is 2. The van der Waals surface area contributed by atoms with Gasteiger partial charge in [-0.2, -0.15) is 13.2 Å². The third-order valence-corrected chi connectivity index (χ3v) is 5.04. The monoisotopic (exact) mass is 469 g/mol. The third kappa shape index (κ3) is 4.78. The fraction of sp³-hybridized carbons (Fsp3) is 0.0800. The predicted octanol–water partition coefficient (Wildman–Crippen LogP) is 7.02. The van der Waals surface area contributed by atoms with Crippen LogP contribution in [-0.4, -0.2) is 15.9 Å². The molecule has 1 N–H and O–H groups in total. The zero-order valence-corrected chi connectivity index (χ0v) is 17.4. The van der Waals surface area contributed by atoms with Gasteiger partial charge in [0.2, 0.25) is 0 Å². The van der Waals surface area contributed by atoms with E-state index in [4.69, 9.17) is 0 Å². The lowest BCUT2D eigenvalue weighted by Crippen LogP contribution is -2.15. The Morgan fingerprint density at radius 3 is 2.32 bits per heavy atom. The lowest BCUT2D eigenvalue weighted by Gasteiger charge is -2.18. The Hall–Kier alpha value is -4.14. The van der Waals surface area contributed by atoms with Gasteiger partial charge in [0.25, 0.3) is 12.3 Å². The van der Waals surface area contributed by atoms with Gasteiger partial charge in [0, 0.05) is 52.1 Å². The summed E-state index contributed by atoms with van der Waals surface area (Å²) >= 11 is 0. The summed E-state index contributed by atoms with van der Waals surface area (Å²) in [5, 5.41) is 2.52. The highest BCUT2D eigenvalue weighted by Crippen LogP contribution is 2.41. The number of anilines is 1. The quantitative estimate of drug-likeness (QED) is 0.320. The van der Waals surface area contributed by atoms with Crippen molar-refractivity contribution in [3.8, 4) is 22.4 Å². The van der Waals surface area contributed by atoms with Gasteiger partial charge in [-0.05, 0) is 42.5 Å². The molecule has 2 aromatic heterocycles. The smallest absolute Gasteiger partial charge is 0.321 e. The molecule has 172 valence electrons. The molecule has 4 aromatic rings. The van der Waals surface area contributed by atoms with Gasteiger partial charge in [-0.1, -0.05) is 24.3 Å². The molecule has 0 aliphatic rings. The van der Waals surface area contributed by atoms with Crippen LogP contribution in [0.4, 0.5) is 27.6 Å². The normalized spacial score (nSPS) is 11.5. The largest absolute Gasteiger partial charge is 0.417 e. The second kappa shape index (κ2) is 9.38. The molecule has 0 atom stereocenters. The van der Waals surface area contributed by atoms with Crippen molar-refractivity contribution in [1.29, 1.82) is 0 Å². The Morgan fingerprint density at radius 2 is 1.62 bits per heavy atom. The Kier molecular flexibility index (Phi) is 6.36. The Bertz CT molecular complexity index is 1320. The molecule has 2 aromatic carbocycles. The lowest BCUT2D eigenvalue weighted by molar-refractivity contribution is -0.137. The van der Waals surface area contributed by atoms with E-state index in [1.54, 1.807) is 0 Å². The number of amides is 1. The van der Waals surface area contributed by atoms with E-state index in [-0.39, 0.29) is 39.2 Å². The van der Waals surface area contributed by atoms with Crippen molar-refractivity contribution < 1.29 is 26.7 Å². The maximum atomic E-state index is 13.7. The summed E-state index contributed by atoms with van der Waals surface area (Å²) in [6.07, 6.45) is -3.39. The summed E-state index contributed by atoms with van der Waals surface area (Å²) in [4.78, 5) is 20.9. The average molecular weight is 469 g/mol. The van der Waals surface area contributed by atoms with Crippen LogP contribution in [0.5, 0.6) is 0 Å². The Labute approximate surface area is 191 Å². The zero-order valence-electron chi connectivity index (χ0n) is 17.4. The van der Waals surface area contributed by atoms with E-state index in [9.17, 15) is 26.7 Å². The van der Waals surface area contributed by atoms with Crippen molar-refractivity contribution in [3.05, 3.63) is 102 Å². The standard InChI is InChI=1S/C25H16F5N3O/c26-23(27)18-8-4-12-32-22(18)15-5-1-6-16(13-15)24(34)33-20-10-2-9-19(25(28,29)30)21(20)17-7-3-11-31-14-17/h1-14,23H,(H,33,34). The van der Waals surface area contributed by atoms with E-state index in [2.05, 4.69) is 15.3 Å². The molecular weight excluding hydrogens is 453 g/mol. The molecule has 0 saturated carbocycles. The number of carbonyl (C=O) groups excluding carboxylic acids is 1. The van der Waals surface area contributed by atoms with Crippen LogP contribution >= 0.6 is 0 Å². The van der Waals surface area contributed by atoms with E-state index in [1.165, 1.54) is 79.3 Å². The van der Waals surface area contributed by atoms with E-state index < -0.39 is 24.1 Å². The first-order chi connectivity index (χ1) is 16.3. The van der Waals surface area contributed by atoms with E-state index >= 15 is 0 Å². The van der Waals surface area contributed by atoms with Crippen LogP contribution in [0.1, 0.15) is 27.9 Å². The minimum absolute atomic E-state index is 0.0160. The molecule has 0 unspecified atom stereocenters. The zero-order chi connectivity index (χ0) is 24.3. The number of rotatable bonds is 5. The SMILES string of the molecule is O=C(Nc1cccc(C(F)(F)F)c1-c1cccnc1)c1cccc(-c2ncccc2C(F)F)c1. The van der Waals surface area contributed by atoms with Crippen LogP contribution in [-0.2, 0) is 6.18 Å². The molecule has 0 bridgehead atoms. The number of hydrogen-bond donors (Lipinski definition) is 1. The van der Waals surface area contributed by atoms with Gasteiger partial charge in [-0.3, -0.25) is 14.8 Å². The fourth-order valence-corrected chi connectivity index (χ4v) is 3.55. The minimum Gasteiger partial charge on any atom is -0.321 e. The lowest BCUT2D eigenvalue weighted by atomic mass is 9.98. The van der Waals surface area contributed by atoms with Gasteiger partial charge in [0.05, 0.1) is 11.3 Å². The van der Waals surface area contributed by atoms with Gasteiger partial charge in [-0.15, -0.1) is 0 Å². The molecule has 1 amide bonds. The third-order valence-electron chi connectivity index (χ3n) is 5.04. The highest BCUT2D eigenvalue weighted by atomic mass is 19.4. The van der Waals surface area contributed by atoms with Crippen LogP contribution in [0, 0.1) is 0 Å². The second-order valence-electron chi connectivity index (χ2n) is 7.24. The highest BCUT2D eigenvalue weighted by Gasteiger charge is 2.35. The molecule has 0 aliphatic carbocycles. The molecule has 0 fully saturated rings. The number of aromatic nitrogens is 2. The van der Waals surface area contributed by atoms with Gasteiger partial charge in [-0.25, -0.2) is 8.78 Å². The number of nitrogens with one attached hydrogen (secondary N) is 1. The van der Waals surface area contributed by atoms with Crippen molar-refractivity contribution in [2.45, 2.75) is 12.6 Å². The van der Waals surface area contributed by atoms with Gasteiger partial charge in [0.15, 0.2) is 0 Å². The number of hydrogen-bond acceptors (Lipinski definition) is 3. The van der Waals surface area contributed by atoms with Crippen LogP contribution in [0.25, 0.3) is 22.4 Å². The number of halogens is 5. The molecule has 0 aliphatic heterocycles. The molecule has 0 saturated heterocycles. The molecule has 9 heteroatoms. The number of carbonyl (C=O) groups is 1. The molecule has 34 heavy (non-hydrogen) atoms. The van der Waals surface area contributed by atoms with E-state index in [1.807, 2.05) is 0 Å². The summed E-state index contributed by atoms with van der Waals surface area (Å²) in [7, 11) is 0. The first-order valence-electron chi connectivity index (χ1n) is 10.0. The maximum absolute atomic E-state index is 13.7. The van der Waals surface area contributed by atoms with Crippen LogP contribution < -0.4 is 5.32 Å². The van der Waals surface area contributed by atoms with Crippen LogP contribution in [0.2, 0.25) is 0 Å². The molecular formula is C25H16F5N3O. The maximum Gasteiger partial charge on any atom is 0.417 e. The predicted molar refractivity (Wildman–Crippen MR) is 117 cm³/mol. The number of pyridine rings is 2. The number of alkyl halides is 5. The topological polar surface area (TPSA) is 54.9 Å². The van der Waals surface area contributed by atoms with Crippen LogP contribution in [0.15, 0.2) is 85.3 Å². The van der Waals surface area contributed by atoms with Crippen molar-refractivity contribution >= 4 is 11.6 Å². The second-order valence-corrected chi connectivity index (χ2v) is 7.24. The van der Waals surface area contributed by atoms with Crippen LogP contribution in [0.3, 0.4) is 0 Å². The van der Waals surface area contributed by atoms with E-state index in [0.29, 0.717) is 0 Å². The summed E-state index contributed by atoms with van der Waals surface area (Å²) in [6.45, 7) is 0. The minimum atomic E-state index is -4.67. The van der Waals surface area contributed by atoms with Crippen molar-refractivity contribution in [1.82, 2.24) is 9.97 Å². The van der Waals surface area contributed by atoms with Crippen molar-refractivity contribution in [2.24, 2.45) is 0 Å². The number of benzene rings is 2. The average Bonchev–Trinajstić information content (AvgIpc) is 2.84. The fourth-order valence-electron chi connectivity index (χ4n) is 3.55. The first kappa shape index (κ1) is 23.0. The summed E-state index contributed by atoms with van der Waals surface area (Å²) in [5.74, 6) is -0.708. The molecule has 0 spiro atoms. The Balaban J connectivity index is 1.73. The first-order valence-corrected chi connectivity index (χ1v) is 10.0. The molecule has 0 radical (unpaired) electrons. The molecule has 4 nitrogen and oxygen atoms in total. The molecule has 2 heterocycles. The van der Waals surface area contributed by atoms with Crippen molar-refractivity contribution in [2.75, 3.05) is 5.32 Å². The highest BCUT2D eigenvalue weighted by molar-refractivity contribution is 6.07. The summed E-state index contributed by atoms with van der Waals surface area (Å²) < 4.78 is 67.9. The van der Waals surface area contributed by atoms with Gasteiger partial charge in [0.1, 0.15) is 0 Å². The van der Waals surface area contributed by atoms with E-state index in [0.717, 1.165) is 6.07 Å². The van der Waals surface area contributed by atoms with Gasteiger partial charge >= 0.3 is 6.18 Å². The molecule has 4 rings (SSSR count). The Morgan fingerprint density at radius 1 is 0.882 bits per heavy atom. The van der Waals surface area contributed by atoms with Gasteiger partial charge < -0.3 is 5.32 Å². The van der Waals surface area contributed by atoms with Crippen molar-refractivity contribution in [3.63, 3.8) is 0 Å².